The number of hydrogen-bond donors (Lipinski definition) is 0. The smallest absolute Gasteiger partial charge is 0.165 e. The molecule has 262 valence electrons. The van der Waals surface area contributed by atoms with Gasteiger partial charge in [-0.3, -0.25) is 0 Å². The molecule has 0 saturated carbocycles. The Labute approximate surface area is 334 Å². The van der Waals surface area contributed by atoms with Crippen molar-refractivity contribution in [2.75, 3.05) is 0 Å². The third kappa shape index (κ3) is 5.56. The highest BCUT2D eigenvalue weighted by atomic mass is 32.1. The molecule has 0 atom stereocenters. The largest absolute Gasteiger partial charge is 0.456 e. The van der Waals surface area contributed by atoms with Crippen molar-refractivity contribution in [3.05, 3.63) is 188 Å². The van der Waals surface area contributed by atoms with Crippen molar-refractivity contribution in [1.29, 1.82) is 0 Å². The zero-order valence-electron chi connectivity index (χ0n) is 34.7. The zero-order chi connectivity index (χ0) is 41.4. The quantitative estimate of drug-likeness (QED) is 0.170. The summed E-state index contributed by atoms with van der Waals surface area (Å²) in [6.07, 6.45) is 0. The van der Waals surface area contributed by atoms with E-state index in [0.717, 1.165) is 65.6 Å². The predicted molar refractivity (Wildman–Crippen MR) is 233 cm³/mol. The molecule has 11 aromatic rings. The summed E-state index contributed by atoms with van der Waals surface area (Å²) in [5, 5.41) is 4.29. The zero-order valence-corrected chi connectivity index (χ0v) is 30.5. The minimum atomic E-state index is -0.400. The SMILES string of the molecule is [2H]c1c([2H])c([2H])c(-c2ccc(-c3ccc(-c4ccc5c(c4)oc4cccc(-c6nc(-c7ccccc7)nc(-c7cccc8c7sc7ccccc78)n6)c45)cc3)cc2)c([2H])c1[2H]. The first-order valence-electron chi connectivity index (χ1n) is 20.8. The Morgan fingerprint density at radius 2 is 1.00 bits per heavy atom. The van der Waals surface area contributed by atoms with Crippen LogP contribution in [0.2, 0.25) is 0 Å². The van der Waals surface area contributed by atoms with Crippen LogP contribution in [0.3, 0.4) is 0 Å². The van der Waals surface area contributed by atoms with Gasteiger partial charge in [0.05, 0.1) is 6.85 Å². The van der Waals surface area contributed by atoms with Crippen LogP contribution in [0.25, 0.3) is 110 Å². The van der Waals surface area contributed by atoms with Crippen LogP contribution in [-0.2, 0) is 0 Å². The molecule has 0 unspecified atom stereocenters. The Kier molecular flexibility index (Phi) is 6.49. The maximum atomic E-state index is 8.35. The Morgan fingerprint density at radius 3 is 1.77 bits per heavy atom. The minimum Gasteiger partial charge on any atom is -0.456 e. The first-order chi connectivity index (χ1) is 29.8. The molecule has 11 rings (SSSR count). The van der Waals surface area contributed by atoms with E-state index in [-0.39, 0.29) is 29.7 Å². The van der Waals surface area contributed by atoms with Crippen LogP contribution >= 0.6 is 11.3 Å². The van der Waals surface area contributed by atoms with Crippen LogP contribution in [0, 0.1) is 0 Å². The van der Waals surface area contributed by atoms with Crippen molar-refractivity contribution in [2.45, 2.75) is 0 Å². The summed E-state index contributed by atoms with van der Waals surface area (Å²) in [5.41, 5.74) is 8.92. The first-order valence-corrected chi connectivity index (χ1v) is 19.1. The lowest BCUT2D eigenvalue weighted by Crippen LogP contribution is -2.00. The van der Waals surface area contributed by atoms with Gasteiger partial charge in [-0.25, -0.2) is 15.0 Å². The van der Waals surface area contributed by atoms with E-state index in [9.17, 15) is 0 Å². The molecule has 3 heterocycles. The monoisotopic (exact) mass is 738 g/mol. The fourth-order valence-electron chi connectivity index (χ4n) is 7.53. The Balaban J connectivity index is 0.960. The van der Waals surface area contributed by atoms with Crippen LogP contribution in [0.15, 0.2) is 192 Å². The number of hydrogen-bond acceptors (Lipinski definition) is 5. The van der Waals surface area contributed by atoms with Gasteiger partial charge in [0.15, 0.2) is 17.5 Å². The number of benzene rings is 8. The number of fused-ring (bicyclic) bond motifs is 6. The molecule has 0 radical (unpaired) electrons. The maximum Gasteiger partial charge on any atom is 0.165 e. The summed E-state index contributed by atoms with van der Waals surface area (Å²) in [5.74, 6) is 1.78. The van der Waals surface area contributed by atoms with E-state index in [1.54, 1.807) is 23.5 Å². The van der Waals surface area contributed by atoms with Crippen LogP contribution < -0.4 is 0 Å². The van der Waals surface area contributed by atoms with Gasteiger partial charge in [0, 0.05) is 47.6 Å². The molecule has 0 aliphatic rings. The molecule has 8 aromatic carbocycles. The Morgan fingerprint density at radius 1 is 0.411 bits per heavy atom. The van der Waals surface area contributed by atoms with Gasteiger partial charge in [-0.2, -0.15) is 0 Å². The van der Waals surface area contributed by atoms with Gasteiger partial charge >= 0.3 is 0 Å². The molecule has 3 aromatic heterocycles. The molecular weight excluding hydrogens is 703 g/mol. The van der Waals surface area contributed by atoms with E-state index < -0.39 is 6.04 Å². The van der Waals surface area contributed by atoms with Gasteiger partial charge in [-0.05, 0) is 63.7 Å². The van der Waals surface area contributed by atoms with Crippen molar-refractivity contribution in [1.82, 2.24) is 15.0 Å². The second-order valence-corrected chi connectivity index (χ2v) is 14.7. The third-order valence-electron chi connectivity index (χ3n) is 10.3. The van der Waals surface area contributed by atoms with Gasteiger partial charge in [0.1, 0.15) is 11.2 Å². The lowest BCUT2D eigenvalue weighted by molar-refractivity contribution is 0.669. The van der Waals surface area contributed by atoms with E-state index in [1.165, 1.54) is 15.5 Å². The summed E-state index contributed by atoms with van der Waals surface area (Å²) < 4.78 is 49.6. The summed E-state index contributed by atoms with van der Waals surface area (Å²) in [6.45, 7) is 0. The van der Waals surface area contributed by atoms with Crippen molar-refractivity contribution >= 4 is 53.4 Å². The highest BCUT2D eigenvalue weighted by Gasteiger charge is 2.20. The van der Waals surface area contributed by atoms with E-state index in [0.29, 0.717) is 23.0 Å². The second-order valence-electron chi connectivity index (χ2n) is 13.6. The lowest BCUT2D eigenvalue weighted by atomic mass is 9.97. The summed E-state index contributed by atoms with van der Waals surface area (Å²) in [6, 6.07) is 51.3. The fraction of sp³-hybridized carbons (Fsp3) is 0. The highest BCUT2D eigenvalue weighted by Crippen LogP contribution is 2.41. The van der Waals surface area contributed by atoms with E-state index >= 15 is 0 Å². The van der Waals surface area contributed by atoms with Crippen LogP contribution in [0.5, 0.6) is 0 Å². The normalized spacial score (nSPS) is 12.8. The van der Waals surface area contributed by atoms with Gasteiger partial charge in [0.25, 0.3) is 0 Å². The van der Waals surface area contributed by atoms with Crippen LogP contribution in [0.1, 0.15) is 6.85 Å². The van der Waals surface area contributed by atoms with Crippen molar-refractivity contribution in [3.63, 3.8) is 0 Å². The van der Waals surface area contributed by atoms with Crippen molar-refractivity contribution in [2.24, 2.45) is 0 Å². The van der Waals surface area contributed by atoms with Gasteiger partial charge in [0.2, 0.25) is 0 Å². The molecule has 0 saturated heterocycles. The number of thiophene rings is 1. The molecule has 0 amide bonds. The Hall–Kier alpha value is -7.21. The molecule has 0 aliphatic heterocycles. The third-order valence-corrected chi connectivity index (χ3v) is 11.5. The molecule has 4 nitrogen and oxygen atoms in total. The molecular formula is C51H31N3OS. The second kappa shape index (κ2) is 13.3. The lowest BCUT2D eigenvalue weighted by Gasteiger charge is -2.10. The molecule has 0 aliphatic carbocycles. The highest BCUT2D eigenvalue weighted by molar-refractivity contribution is 7.26. The first kappa shape index (κ1) is 27.4. The summed E-state index contributed by atoms with van der Waals surface area (Å²) >= 11 is 1.75. The van der Waals surface area contributed by atoms with Gasteiger partial charge in [-0.1, -0.05) is 158 Å². The standard InChI is InChI=1S/C51H31N3OS/c1-3-11-32(12-4-1)33-21-23-34(24-22-33)35-25-27-36(28-26-35)38-29-30-41-45(31-38)55-44-19-10-17-42(47(41)44)50-52-49(37-13-5-2-6-14-37)53-51(54-50)43-18-9-16-40-39-15-7-8-20-46(39)56-48(40)43/h1-31H/i1D,3D,4D,11D,12D. The Bertz CT molecular complexity index is 3500. The van der Waals surface area contributed by atoms with E-state index in [1.807, 2.05) is 54.6 Å². The van der Waals surface area contributed by atoms with Crippen LogP contribution in [0.4, 0.5) is 0 Å². The fourth-order valence-corrected chi connectivity index (χ4v) is 8.74. The number of nitrogens with zero attached hydrogens (tertiary/aromatic N) is 3. The predicted octanol–water partition coefficient (Wildman–Crippen LogP) is 14.1. The van der Waals surface area contributed by atoms with Gasteiger partial charge in [-0.15, -0.1) is 11.3 Å². The van der Waals surface area contributed by atoms with Crippen LogP contribution in [-0.4, -0.2) is 15.0 Å². The summed E-state index contributed by atoms with van der Waals surface area (Å²) in [7, 11) is 0. The number of furan rings is 1. The molecule has 0 N–H and O–H groups in total. The topological polar surface area (TPSA) is 51.8 Å². The number of aromatic nitrogens is 3. The molecule has 5 heteroatoms. The average Bonchev–Trinajstić information content (AvgIpc) is 3.89. The summed E-state index contributed by atoms with van der Waals surface area (Å²) in [4.78, 5) is 15.4. The van der Waals surface area contributed by atoms with Crippen molar-refractivity contribution in [3.8, 4) is 67.5 Å². The van der Waals surface area contributed by atoms with Crippen molar-refractivity contribution < 1.29 is 11.3 Å². The van der Waals surface area contributed by atoms with E-state index in [4.69, 9.17) is 26.2 Å². The molecule has 0 spiro atoms. The maximum absolute atomic E-state index is 8.35. The minimum absolute atomic E-state index is 0.192. The average molecular weight is 739 g/mol. The molecule has 56 heavy (non-hydrogen) atoms. The van der Waals surface area contributed by atoms with Gasteiger partial charge < -0.3 is 4.42 Å². The molecule has 0 bridgehead atoms. The molecule has 0 fully saturated rings. The van der Waals surface area contributed by atoms with E-state index in [2.05, 4.69) is 91.0 Å². The number of rotatable bonds is 6.